The van der Waals surface area contributed by atoms with Crippen molar-refractivity contribution in [1.29, 1.82) is 0 Å². The average molecular weight is 412 g/mol. The van der Waals surface area contributed by atoms with Gasteiger partial charge in [-0.05, 0) is 43.7 Å². The number of ether oxygens (including phenoxy) is 3. The number of amides is 2. The number of methoxy groups -OCH3 is 3. The number of carbonyl (C=O) groups is 2. The minimum atomic E-state index is -0.379. The minimum absolute atomic E-state index is 0.0404. The molecular formula is C23H28N2O5. The summed E-state index contributed by atoms with van der Waals surface area (Å²) in [6.45, 7) is 3.92. The minimum Gasteiger partial charge on any atom is -0.493 e. The third-order valence-electron chi connectivity index (χ3n) is 4.57. The molecule has 0 aliphatic rings. The number of hydrogen-bond donors (Lipinski definition) is 2. The molecule has 2 aromatic carbocycles. The molecule has 160 valence electrons. The van der Waals surface area contributed by atoms with Crippen molar-refractivity contribution < 1.29 is 23.8 Å². The fourth-order valence-electron chi connectivity index (χ4n) is 2.79. The van der Waals surface area contributed by atoms with E-state index in [2.05, 4.69) is 10.6 Å². The first-order chi connectivity index (χ1) is 14.4. The van der Waals surface area contributed by atoms with Gasteiger partial charge in [0.05, 0.1) is 32.6 Å². The van der Waals surface area contributed by atoms with Gasteiger partial charge in [-0.2, -0.15) is 0 Å². The molecule has 1 atom stereocenters. The Morgan fingerprint density at radius 2 is 1.70 bits per heavy atom. The Balaban J connectivity index is 2.21. The maximum absolute atomic E-state index is 12.5. The lowest BCUT2D eigenvalue weighted by Gasteiger charge is -2.14. The first kappa shape index (κ1) is 22.8. The number of hydrogen-bond acceptors (Lipinski definition) is 5. The number of rotatable bonds is 9. The van der Waals surface area contributed by atoms with Gasteiger partial charge in [-0.3, -0.25) is 9.59 Å². The third-order valence-corrected chi connectivity index (χ3v) is 4.57. The van der Waals surface area contributed by atoms with Crippen LogP contribution in [0.4, 0.5) is 5.69 Å². The molecule has 2 N–H and O–H groups in total. The van der Waals surface area contributed by atoms with Crippen LogP contribution in [0.5, 0.6) is 17.2 Å². The molecule has 0 spiro atoms. The first-order valence-corrected chi connectivity index (χ1v) is 9.63. The van der Waals surface area contributed by atoms with Gasteiger partial charge in [0.2, 0.25) is 11.7 Å². The summed E-state index contributed by atoms with van der Waals surface area (Å²) in [5.41, 5.74) is 1.49. The second kappa shape index (κ2) is 10.9. The van der Waals surface area contributed by atoms with Crippen molar-refractivity contribution in [2.75, 3.05) is 26.6 Å². The van der Waals surface area contributed by atoms with Crippen LogP contribution >= 0.6 is 0 Å². The maximum atomic E-state index is 12.5. The van der Waals surface area contributed by atoms with Crippen molar-refractivity contribution in [2.45, 2.75) is 26.3 Å². The molecule has 2 aromatic rings. The number of benzene rings is 2. The van der Waals surface area contributed by atoms with Gasteiger partial charge >= 0.3 is 0 Å². The van der Waals surface area contributed by atoms with Gasteiger partial charge in [-0.25, -0.2) is 0 Å². The normalized spacial score (nSPS) is 11.6. The van der Waals surface area contributed by atoms with E-state index >= 15 is 0 Å². The molecule has 2 rings (SSSR count). The molecule has 0 saturated carbocycles. The van der Waals surface area contributed by atoms with E-state index < -0.39 is 0 Å². The summed E-state index contributed by atoms with van der Waals surface area (Å²) in [5.74, 6) is 0.808. The van der Waals surface area contributed by atoms with Crippen molar-refractivity contribution >= 4 is 23.6 Å². The van der Waals surface area contributed by atoms with Gasteiger partial charge in [-0.15, -0.1) is 0 Å². The highest BCUT2D eigenvalue weighted by Gasteiger charge is 2.16. The smallest absolute Gasteiger partial charge is 0.253 e. The Morgan fingerprint density at radius 1 is 1.00 bits per heavy atom. The summed E-state index contributed by atoms with van der Waals surface area (Å²) in [6, 6.07) is 10.4. The van der Waals surface area contributed by atoms with E-state index in [0.29, 0.717) is 34.1 Å². The van der Waals surface area contributed by atoms with Gasteiger partial charge in [-0.1, -0.05) is 19.1 Å². The number of anilines is 1. The number of carbonyl (C=O) groups excluding carboxylic acids is 2. The van der Waals surface area contributed by atoms with Crippen molar-refractivity contribution in [2.24, 2.45) is 0 Å². The molecular weight excluding hydrogens is 384 g/mol. The van der Waals surface area contributed by atoms with Crippen LogP contribution in [0.25, 0.3) is 6.08 Å². The fourth-order valence-corrected chi connectivity index (χ4v) is 2.79. The number of nitrogens with one attached hydrogen (secondary N) is 2. The van der Waals surface area contributed by atoms with Crippen LogP contribution in [0.3, 0.4) is 0 Å². The Morgan fingerprint density at radius 3 is 2.33 bits per heavy atom. The molecule has 2 amide bonds. The molecule has 0 bridgehead atoms. The van der Waals surface area contributed by atoms with Crippen molar-refractivity contribution in [3.05, 3.63) is 53.6 Å². The molecule has 30 heavy (non-hydrogen) atoms. The predicted octanol–water partition coefficient (Wildman–Crippen LogP) is 3.89. The summed E-state index contributed by atoms with van der Waals surface area (Å²) in [5, 5.41) is 5.66. The van der Waals surface area contributed by atoms with Crippen molar-refractivity contribution in [1.82, 2.24) is 5.32 Å². The second-order valence-corrected chi connectivity index (χ2v) is 6.57. The largest absolute Gasteiger partial charge is 0.493 e. The Hall–Kier alpha value is -3.48. The van der Waals surface area contributed by atoms with Crippen molar-refractivity contribution in [3.8, 4) is 17.2 Å². The molecule has 7 nitrogen and oxygen atoms in total. The summed E-state index contributed by atoms with van der Waals surface area (Å²) in [7, 11) is 4.57. The predicted molar refractivity (Wildman–Crippen MR) is 117 cm³/mol. The van der Waals surface area contributed by atoms with E-state index in [0.717, 1.165) is 6.42 Å². The van der Waals surface area contributed by atoms with Gasteiger partial charge in [0, 0.05) is 17.7 Å². The lowest BCUT2D eigenvalue weighted by atomic mass is 10.1. The average Bonchev–Trinajstić information content (AvgIpc) is 2.76. The molecule has 0 fully saturated rings. The quantitative estimate of drug-likeness (QED) is 0.610. The van der Waals surface area contributed by atoms with Gasteiger partial charge in [0.1, 0.15) is 0 Å². The summed E-state index contributed by atoms with van der Waals surface area (Å²) < 4.78 is 16.0. The van der Waals surface area contributed by atoms with Crippen LogP contribution in [0.15, 0.2) is 42.5 Å². The van der Waals surface area contributed by atoms with E-state index in [4.69, 9.17) is 14.2 Å². The van der Waals surface area contributed by atoms with E-state index in [9.17, 15) is 9.59 Å². The zero-order valence-electron chi connectivity index (χ0n) is 17.9. The van der Waals surface area contributed by atoms with Gasteiger partial charge in [0.25, 0.3) is 5.91 Å². The highest BCUT2D eigenvalue weighted by Crippen LogP contribution is 2.40. The summed E-state index contributed by atoms with van der Waals surface area (Å²) in [6.07, 6.45) is 3.79. The van der Waals surface area contributed by atoms with Crippen LogP contribution in [-0.2, 0) is 4.79 Å². The van der Waals surface area contributed by atoms with Crippen LogP contribution in [0.2, 0.25) is 0 Å². The zero-order valence-corrected chi connectivity index (χ0v) is 17.9. The Labute approximate surface area is 177 Å². The number of para-hydroxylation sites is 1. The first-order valence-electron chi connectivity index (χ1n) is 9.63. The summed E-state index contributed by atoms with van der Waals surface area (Å²) >= 11 is 0. The van der Waals surface area contributed by atoms with Crippen LogP contribution in [0.1, 0.15) is 36.2 Å². The van der Waals surface area contributed by atoms with Crippen molar-refractivity contribution in [3.63, 3.8) is 0 Å². The van der Waals surface area contributed by atoms with Crippen LogP contribution in [0, 0.1) is 0 Å². The highest BCUT2D eigenvalue weighted by molar-refractivity contribution is 6.07. The molecule has 0 aliphatic heterocycles. The lowest BCUT2D eigenvalue weighted by Crippen LogP contribution is -2.32. The van der Waals surface area contributed by atoms with E-state index in [1.54, 1.807) is 42.5 Å². The molecule has 7 heteroatoms. The topological polar surface area (TPSA) is 85.9 Å². The Bertz CT molecular complexity index is 924. The van der Waals surface area contributed by atoms with Gasteiger partial charge < -0.3 is 24.8 Å². The van der Waals surface area contributed by atoms with E-state index in [1.807, 2.05) is 13.8 Å². The highest BCUT2D eigenvalue weighted by atomic mass is 16.5. The monoisotopic (exact) mass is 412 g/mol. The maximum Gasteiger partial charge on any atom is 0.253 e. The lowest BCUT2D eigenvalue weighted by molar-refractivity contribution is -0.111. The second-order valence-electron chi connectivity index (χ2n) is 6.57. The zero-order chi connectivity index (χ0) is 22.1. The molecule has 1 unspecified atom stereocenters. The molecule has 0 heterocycles. The van der Waals surface area contributed by atoms with E-state index in [1.165, 1.54) is 27.4 Å². The standard InChI is InChI=1S/C23H28N2O5/c1-6-15(2)24-23(27)17-9-7-8-10-18(17)25-20(26)14-12-16-11-13-19(28-3)22(30-5)21(16)29-4/h7-15H,6H2,1-5H3,(H,24,27)(H,25,26). The summed E-state index contributed by atoms with van der Waals surface area (Å²) in [4.78, 5) is 25.0. The molecule has 0 radical (unpaired) electrons. The van der Waals surface area contributed by atoms with E-state index in [-0.39, 0.29) is 17.9 Å². The van der Waals surface area contributed by atoms with Gasteiger partial charge in [0.15, 0.2) is 11.5 Å². The third kappa shape index (κ3) is 5.53. The molecule has 0 saturated heterocycles. The SMILES string of the molecule is CCC(C)NC(=O)c1ccccc1NC(=O)C=Cc1ccc(OC)c(OC)c1OC. The van der Waals surface area contributed by atoms with Crippen LogP contribution < -0.4 is 24.8 Å². The molecule has 0 aliphatic carbocycles. The fraction of sp³-hybridized carbons (Fsp3) is 0.304. The Kier molecular flexibility index (Phi) is 8.29. The molecule has 0 aromatic heterocycles. The van der Waals surface area contributed by atoms with Crippen LogP contribution in [-0.4, -0.2) is 39.2 Å².